The first kappa shape index (κ1) is 11.8. The number of rotatable bonds is 3. The highest BCUT2D eigenvalue weighted by Crippen LogP contribution is 2.19. The van der Waals surface area contributed by atoms with Gasteiger partial charge in [-0.15, -0.1) is 11.3 Å². The van der Waals surface area contributed by atoms with Gasteiger partial charge in [-0.05, 0) is 6.92 Å². The van der Waals surface area contributed by atoms with E-state index in [2.05, 4.69) is 4.98 Å². The zero-order valence-corrected chi connectivity index (χ0v) is 8.41. The summed E-state index contributed by atoms with van der Waals surface area (Å²) in [5.41, 5.74) is -0.0879. The van der Waals surface area contributed by atoms with E-state index in [1.165, 1.54) is 5.38 Å². The second-order valence-corrected chi connectivity index (χ2v) is 3.83. The van der Waals surface area contributed by atoms with Crippen LogP contribution in [0.1, 0.15) is 21.9 Å². The Bertz CT molecular complexity index is 397. The number of carbonyl (C=O) groups excluding carboxylic acids is 2. The molecule has 7 heteroatoms. The maximum absolute atomic E-state index is 11.8. The van der Waals surface area contributed by atoms with Crippen molar-refractivity contribution in [3.63, 3.8) is 0 Å². The van der Waals surface area contributed by atoms with E-state index in [1.54, 1.807) is 6.92 Å². The molecule has 0 radical (unpaired) electrons. The van der Waals surface area contributed by atoms with Crippen LogP contribution in [0, 0.1) is 6.92 Å². The first-order chi connectivity index (χ1) is 6.80. The van der Waals surface area contributed by atoms with Crippen LogP contribution in [0.15, 0.2) is 5.38 Å². The molecule has 0 saturated carbocycles. The zero-order valence-electron chi connectivity index (χ0n) is 7.59. The Morgan fingerprint density at radius 2 is 2.07 bits per heavy atom. The van der Waals surface area contributed by atoms with E-state index < -0.39 is 24.2 Å². The molecule has 0 aliphatic rings. The normalized spacial score (nSPS) is 11.5. The molecular weight excluding hydrogens is 231 g/mol. The van der Waals surface area contributed by atoms with E-state index >= 15 is 0 Å². The van der Waals surface area contributed by atoms with Gasteiger partial charge in [0, 0.05) is 5.38 Å². The molecule has 82 valence electrons. The Labute approximate surface area is 86.9 Å². The van der Waals surface area contributed by atoms with Gasteiger partial charge in [-0.1, -0.05) is 0 Å². The molecule has 1 rings (SSSR count). The third-order valence-electron chi connectivity index (χ3n) is 1.54. The number of thiazole rings is 1. The van der Waals surface area contributed by atoms with Crippen LogP contribution in [0.25, 0.3) is 0 Å². The molecule has 1 aromatic rings. The fourth-order valence-corrected chi connectivity index (χ4v) is 1.45. The molecule has 0 bridgehead atoms. The number of nitrogens with zero attached hydrogens (tertiary/aromatic N) is 1. The second-order valence-electron chi connectivity index (χ2n) is 2.77. The average Bonchev–Trinajstić information content (AvgIpc) is 2.50. The fraction of sp³-hybridized carbons (Fsp3) is 0.375. The highest BCUT2D eigenvalue weighted by Gasteiger charge is 2.39. The summed E-state index contributed by atoms with van der Waals surface area (Å²) in [5.74, 6) is -2.94. The van der Waals surface area contributed by atoms with Crippen molar-refractivity contribution in [2.45, 2.75) is 19.5 Å². The van der Waals surface area contributed by atoms with Crippen LogP contribution in [0.4, 0.5) is 13.2 Å². The van der Waals surface area contributed by atoms with Crippen LogP contribution in [-0.4, -0.2) is 22.7 Å². The van der Waals surface area contributed by atoms with E-state index in [9.17, 15) is 22.8 Å². The Kier molecular flexibility index (Phi) is 3.23. The van der Waals surface area contributed by atoms with Gasteiger partial charge in [-0.3, -0.25) is 9.59 Å². The number of aryl methyl sites for hydroxylation is 1. The monoisotopic (exact) mass is 237 g/mol. The lowest BCUT2D eigenvalue weighted by Gasteiger charge is -2.02. The summed E-state index contributed by atoms with van der Waals surface area (Å²) in [4.78, 5) is 25.3. The number of halogens is 3. The van der Waals surface area contributed by atoms with Crippen LogP contribution in [0.5, 0.6) is 0 Å². The molecule has 0 fully saturated rings. The molecule has 0 atom stereocenters. The van der Waals surface area contributed by atoms with Crippen molar-refractivity contribution in [1.29, 1.82) is 0 Å². The van der Waals surface area contributed by atoms with E-state index in [4.69, 9.17) is 0 Å². The van der Waals surface area contributed by atoms with Crippen molar-refractivity contribution in [3.8, 4) is 0 Å². The number of hydrogen-bond donors (Lipinski definition) is 0. The first-order valence-electron chi connectivity index (χ1n) is 3.86. The minimum Gasteiger partial charge on any atom is -0.292 e. The zero-order chi connectivity index (χ0) is 11.6. The van der Waals surface area contributed by atoms with Crippen molar-refractivity contribution in [1.82, 2.24) is 4.98 Å². The van der Waals surface area contributed by atoms with Gasteiger partial charge in [-0.2, -0.15) is 13.2 Å². The largest absolute Gasteiger partial charge is 0.450 e. The molecule has 0 aliphatic carbocycles. The van der Waals surface area contributed by atoms with Crippen molar-refractivity contribution >= 4 is 22.9 Å². The van der Waals surface area contributed by atoms with Gasteiger partial charge in [0.15, 0.2) is 5.78 Å². The minimum atomic E-state index is -4.96. The maximum Gasteiger partial charge on any atom is 0.450 e. The summed E-state index contributed by atoms with van der Waals surface area (Å²) in [6, 6.07) is 0. The van der Waals surface area contributed by atoms with Gasteiger partial charge in [-0.25, -0.2) is 4.98 Å². The quantitative estimate of drug-likeness (QED) is 0.597. The molecule has 0 spiro atoms. The molecule has 3 nitrogen and oxygen atoms in total. The molecule has 0 amide bonds. The molecule has 0 aromatic carbocycles. The molecule has 0 aliphatic heterocycles. The number of alkyl halides is 3. The number of hydrogen-bond acceptors (Lipinski definition) is 4. The Morgan fingerprint density at radius 1 is 1.47 bits per heavy atom. The predicted octanol–water partition coefficient (Wildman–Crippen LogP) is 2.16. The Balaban J connectivity index is 2.69. The number of Topliss-reactive ketones (excluding diaryl/α,β-unsaturated/α-hetero) is 2. The van der Waals surface area contributed by atoms with Gasteiger partial charge < -0.3 is 0 Å². The summed E-state index contributed by atoms with van der Waals surface area (Å²) >= 11 is 1.14. The molecule has 0 saturated heterocycles. The summed E-state index contributed by atoms with van der Waals surface area (Å²) < 4.78 is 35.4. The van der Waals surface area contributed by atoms with Crippen molar-refractivity contribution < 1.29 is 22.8 Å². The van der Waals surface area contributed by atoms with Crippen LogP contribution >= 0.6 is 11.3 Å². The minimum absolute atomic E-state index is 0.0879. The van der Waals surface area contributed by atoms with Crippen molar-refractivity contribution in [2.75, 3.05) is 0 Å². The van der Waals surface area contributed by atoms with Crippen LogP contribution < -0.4 is 0 Å². The van der Waals surface area contributed by atoms with Crippen LogP contribution in [-0.2, 0) is 4.79 Å². The highest BCUT2D eigenvalue weighted by atomic mass is 32.1. The van der Waals surface area contributed by atoms with Gasteiger partial charge in [0.25, 0.3) is 0 Å². The van der Waals surface area contributed by atoms with E-state index in [1.807, 2.05) is 0 Å². The predicted molar refractivity (Wildman–Crippen MR) is 46.9 cm³/mol. The molecule has 1 aromatic heterocycles. The summed E-state index contributed by atoms with van der Waals surface area (Å²) in [5, 5.41) is 1.90. The lowest BCUT2D eigenvalue weighted by atomic mass is 10.1. The van der Waals surface area contributed by atoms with Gasteiger partial charge >= 0.3 is 6.18 Å². The summed E-state index contributed by atoms with van der Waals surface area (Å²) in [7, 11) is 0. The molecular formula is C8H6F3NO2S. The molecule has 1 heterocycles. The number of carbonyl (C=O) groups is 2. The van der Waals surface area contributed by atoms with Gasteiger partial charge in [0.2, 0.25) is 5.78 Å². The van der Waals surface area contributed by atoms with Crippen LogP contribution in [0.3, 0.4) is 0 Å². The summed E-state index contributed by atoms with van der Waals surface area (Å²) in [6.45, 7) is 1.62. The SMILES string of the molecule is Cc1nc(C(=O)CC(=O)C(F)(F)F)cs1. The van der Waals surface area contributed by atoms with Crippen molar-refractivity contribution in [3.05, 3.63) is 16.1 Å². The Hall–Kier alpha value is -1.24. The Morgan fingerprint density at radius 3 is 2.47 bits per heavy atom. The maximum atomic E-state index is 11.8. The average molecular weight is 237 g/mol. The molecule has 0 unspecified atom stereocenters. The number of aromatic nitrogens is 1. The smallest absolute Gasteiger partial charge is 0.292 e. The van der Waals surface area contributed by atoms with Crippen molar-refractivity contribution in [2.24, 2.45) is 0 Å². The lowest BCUT2D eigenvalue weighted by molar-refractivity contribution is -0.170. The topological polar surface area (TPSA) is 47.0 Å². The molecule has 0 N–H and O–H groups in total. The van der Waals surface area contributed by atoms with Gasteiger partial charge in [0.1, 0.15) is 5.69 Å². The van der Waals surface area contributed by atoms with Gasteiger partial charge in [0.05, 0.1) is 11.4 Å². The van der Waals surface area contributed by atoms with Crippen LogP contribution in [0.2, 0.25) is 0 Å². The van der Waals surface area contributed by atoms with E-state index in [0.717, 1.165) is 11.3 Å². The van der Waals surface area contributed by atoms with E-state index in [-0.39, 0.29) is 5.69 Å². The molecule has 15 heavy (non-hydrogen) atoms. The standard InChI is InChI=1S/C8H6F3NO2S/c1-4-12-5(3-15-4)6(13)2-7(14)8(9,10)11/h3H,2H2,1H3. The number of ketones is 2. The summed E-state index contributed by atoms with van der Waals surface area (Å²) in [6.07, 6.45) is -6.13. The third kappa shape index (κ3) is 3.12. The highest BCUT2D eigenvalue weighted by molar-refractivity contribution is 7.09. The fourth-order valence-electron chi connectivity index (χ4n) is 0.828. The van der Waals surface area contributed by atoms with E-state index in [0.29, 0.717) is 5.01 Å². The second kappa shape index (κ2) is 4.09. The first-order valence-corrected chi connectivity index (χ1v) is 4.74. The lowest BCUT2D eigenvalue weighted by Crippen LogP contribution is -2.25. The third-order valence-corrected chi connectivity index (χ3v) is 2.32.